The third-order valence-electron chi connectivity index (χ3n) is 7.53. The molecule has 0 bridgehead atoms. The molecule has 0 radical (unpaired) electrons. The second-order valence-electron chi connectivity index (χ2n) is 10.0. The summed E-state index contributed by atoms with van der Waals surface area (Å²) in [5.41, 5.74) is 3.07. The fourth-order valence-corrected chi connectivity index (χ4v) is 5.58. The third-order valence-corrected chi connectivity index (χ3v) is 7.53. The van der Waals surface area contributed by atoms with E-state index in [2.05, 4.69) is 5.32 Å². The fourth-order valence-electron chi connectivity index (χ4n) is 5.58. The van der Waals surface area contributed by atoms with Crippen LogP contribution in [0, 0.1) is 0 Å². The number of benzene rings is 3. The zero-order valence-electron chi connectivity index (χ0n) is 22.4. The number of methoxy groups -OCH3 is 1. The van der Waals surface area contributed by atoms with E-state index < -0.39 is 24.2 Å². The van der Waals surface area contributed by atoms with Crippen molar-refractivity contribution in [1.29, 1.82) is 0 Å². The molecule has 3 aromatic rings. The second-order valence-corrected chi connectivity index (χ2v) is 10.0. The number of aliphatic hydroxyl groups excluding tert-OH is 2. The lowest BCUT2D eigenvalue weighted by molar-refractivity contribution is -0.136. The molecule has 4 unspecified atom stereocenters. The summed E-state index contributed by atoms with van der Waals surface area (Å²) in [6, 6.07) is 23.7. The maximum atomic E-state index is 13.8. The first-order valence-electron chi connectivity index (χ1n) is 13.5. The lowest BCUT2D eigenvalue weighted by Crippen LogP contribution is -2.56. The summed E-state index contributed by atoms with van der Waals surface area (Å²) in [6.45, 7) is 0.206. The molecule has 8 nitrogen and oxygen atoms in total. The van der Waals surface area contributed by atoms with Gasteiger partial charge in [0.2, 0.25) is 11.8 Å². The van der Waals surface area contributed by atoms with E-state index in [1.54, 1.807) is 18.1 Å². The van der Waals surface area contributed by atoms with Gasteiger partial charge in [-0.05, 0) is 41.8 Å². The van der Waals surface area contributed by atoms with Gasteiger partial charge in [-0.15, -0.1) is 0 Å². The Balaban J connectivity index is 1.51. The molecule has 1 aliphatic carbocycles. The summed E-state index contributed by atoms with van der Waals surface area (Å²) < 4.78 is 11.6. The number of nitrogens with zero attached hydrogens (tertiary/aromatic N) is 1. The number of hydrogen-bond donors (Lipinski definition) is 3. The molecule has 2 amide bonds. The van der Waals surface area contributed by atoms with Gasteiger partial charge in [-0.3, -0.25) is 9.59 Å². The number of nitrogens with one attached hydrogen (secondary N) is 1. The van der Waals surface area contributed by atoms with Gasteiger partial charge in [0.1, 0.15) is 23.7 Å². The zero-order chi connectivity index (χ0) is 28.1. The first-order valence-corrected chi connectivity index (χ1v) is 13.5. The maximum absolute atomic E-state index is 13.8. The van der Waals surface area contributed by atoms with Crippen molar-refractivity contribution in [2.75, 3.05) is 26.8 Å². The van der Waals surface area contributed by atoms with Gasteiger partial charge >= 0.3 is 0 Å². The summed E-state index contributed by atoms with van der Waals surface area (Å²) in [7, 11) is 1.61. The van der Waals surface area contributed by atoms with Gasteiger partial charge in [0.25, 0.3) is 0 Å². The minimum atomic E-state index is -1.07. The van der Waals surface area contributed by atoms with Gasteiger partial charge in [-0.1, -0.05) is 60.7 Å². The molecular weight excluding hydrogens is 508 g/mol. The highest BCUT2D eigenvalue weighted by Crippen LogP contribution is 2.47. The van der Waals surface area contributed by atoms with Gasteiger partial charge in [-0.2, -0.15) is 0 Å². The van der Waals surface area contributed by atoms with Crippen LogP contribution in [0.3, 0.4) is 0 Å². The second kappa shape index (κ2) is 12.4. The zero-order valence-corrected chi connectivity index (χ0v) is 22.4. The van der Waals surface area contributed by atoms with Crippen molar-refractivity contribution >= 4 is 11.8 Å². The van der Waals surface area contributed by atoms with Crippen LogP contribution >= 0.6 is 0 Å². The maximum Gasteiger partial charge on any atom is 0.247 e. The Bertz CT molecular complexity index is 1370. The Kier molecular flexibility index (Phi) is 8.48. The first kappa shape index (κ1) is 27.4. The van der Waals surface area contributed by atoms with E-state index in [-0.39, 0.29) is 31.4 Å². The number of aliphatic hydroxyl groups is 2. The minimum absolute atomic E-state index is 0.0930. The van der Waals surface area contributed by atoms with Crippen LogP contribution in [-0.4, -0.2) is 72.0 Å². The lowest BCUT2D eigenvalue weighted by atomic mass is 9.77. The Labute approximate surface area is 233 Å². The number of amides is 2. The average molecular weight is 543 g/mol. The molecule has 0 spiro atoms. The van der Waals surface area contributed by atoms with E-state index in [0.29, 0.717) is 24.3 Å². The van der Waals surface area contributed by atoms with Crippen molar-refractivity contribution in [3.05, 3.63) is 107 Å². The van der Waals surface area contributed by atoms with Crippen molar-refractivity contribution in [2.45, 2.75) is 37.0 Å². The highest BCUT2D eigenvalue weighted by Gasteiger charge is 2.50. The standard InChI is InChI=1S/C32H34N2O6/c1-39-23-11-7-10-22(18-23)14-16-34(28(36)19-21-8-3-2-4-9-21)26-20-25(32(38)33-15-17-35)29-24-12-5-6-13-27(24)40-31(29)30(26)37/h2-13,18,20,26,29-31,35,37H,14-17,19H2,1H3,(H,33,38). The number of ether oxygens (including phenoxy) is 2. The molecule has 8 heteroatoms. The highest BCUT2D eigenvalue weighted by atomic mass is 16.5. The Hall–Kier alpha value is -4.14. The van der Waals surface area contributed by atoms with Gasteiger partial charge in [-0.25, -0.2) is 0 Å². The number of fused-ring (bicyclic) bond motifs is 3. The molecule has 2 aliphatic rings. The molecule has 0 saturated carbocycles. The number of rotatable bonds is 10. The molecule has 3 aromatic carbocycles. The molecule has 4 atom stereocenters. The SMILES string of the molecule is COc1cccc(CCN(C(=O)Cc2ccccc2)C2C=C(C(=O)NCCO)C3c4ccccc4OC3C2O)c1. The number of carbonyl (C=O) groups is 2. The summed E-state index contributed by atoms with van der Waals surface area (Å²) in [5.74, 6) is 0.310. The Morgan fingerprint density at radius 2 is 1.75 bits per heavy atom. The van der Waals surface area contributed by atoms with Crippen molar-refractivity contribution in [1.82, 2.24) is 10.2 Å². The van der Waals surface area contributed by atoms with E-state index in [0.717, 1.165) is 22.4 Å². The average Bonchev–Trinajstić information content (AvgIpc) is 3.38. The van der Waals surface area contributed by atoms with E-state index in [9.17, 15) is 19.8 Å². The summed E-state index contributed by atoms with van der Waals surface area (Å²) in [5, 5.41) is 23.8. The Morgan fingerprint density at radius 1 is 1.00 bits per heavy atom. The van der Waals surface area contributed by atoms with E-state index >= 15 is 0 Å². The van der Waals surface area contributed by atoms with E-state index in [1.165, 1.54) is 0 Å². The molecule has 0 fully saturated rings. The topological polar surface area (TPSA) is 108 Å². The number of carbonyl (C=O) groups excluding carboxylic acids is 2. The van der Waals surface area contributed by atoms with Gasteiger partial charge in [0, 0.05) is 24.2 Å². The monoisotopic (exact) mass is 542 g/mol. The van der Waals surface area contributed by atoms with Gasteiger partial charge in [0.05, 0.1) is 32.1 Å². The minimum Gasteiger partial charge on any atom is -0.497 e. The number of para-hydroxylation sites is 1. The lowest BCUT2D eigenvalue weighted by Gasteiger charge is -2.41. The van der Waals surface area contributed by atoms with Crippen LogP contribution in [0.5, 0.6) is 11.5 Å². The van der Waals surface area contributed by atoms with Crippen molar-refractivity contribution < 1.29 is 29.3 Å². The molecule has 0 aromatic heterocycles. The third kappa shape index (κ3) is 5.73. The molecule has 1 aliphatic heterocycles. The predicted octanol–water partition coefficient (Wildman–Crippen LogP) is 2.63. The van der Waals surface area contributed by atoms with Gasteiger partial charge < -0.3 is 29.9 Å². The molecule has 40 heavy (non-hydrogen) atoms. The molecule has 1 heterocycles. The largest absolute Gasteiger partial charge is 0.497 e. The predicted molar refractivity (Wildman–Crippen MR) is 150 cm³/mol. The quantitative estimate of drug-likeness (QED) is 0.364. The van der Waals surface area contributed by atoms with Crippen LogP contribution in [0.1, 0.15) is 22.6 Å². The first-order chi connectivity index (χ1) is 19.5. The summed E-state index contributed by atoms with van der Waals surface area (Å²) in [4.78, 5) is 28.8. The van der Waals surface area contributed by atoms with Crippen LogP contribution in [0.15, 0.2) is 90.5 Å². The normalized spacial score (nSPS) is 20.9. The van der Waals surface area contributed by atoms with Crippen LogP contribution < -0.4 is 14.8 Å². The highest BCUT2D eigenvalue weighted by molar-refractivity contribution is 5.96. The summed E-state index contributed by atoms with van der Waals surface area (Å²) >= 11 is 0. The van der Waals surface area contributed by atoms with Crippen LogP contribution in [-0.2, 0) is 22.4 Å². The Morgan fingerprint density at radius 3 is 2.52 bits per heavy atom. The molecular formula is C32H34N2O6. The smallest absolute Gasteiger partial charge is 0.247 e. The number of hydrogen-bond acceptors (Lipinski definition) is 6. The van der Waals surface area contributed by atoms with E-state index in [1.807, 2.05) is 78.9 Å². The fraction of sp³-hybridized carbons (Fsp3) is 0.312. The van der Waals surface area contributed by atoms with Crippen LogP contribution in [0.25, 0.3) is 0 Å². The van der Waals surface area contributed by atoms with Crippen LogP contribution in [0.4, 0.5) is 0 Å². The van der Waals surface area contributed by atoms with Crippen molar-refractivity contribution in [3.8, 4) is 11.5 Å². The van der Waals surface area contributed by atoms with Crippen molar-refractivity contribution in [2.24, 2.45) is 0 Å². The molecule has 0 saturated heterocycles. The summed E-state index contributed by atoms with van der Waals surface area (Å²) in [6.07, 6.45) is 0.564. The molecule has 208 valence electrons. The molecule has 3 N–H and O–H groups in total. The molecule has 5 rings (SSSR count). The van der Waals surface area contributed by atoms with Gasteiger partial charge in [0.15, 0.2) is 0 Å². The van der Waals surface area contributed by atoms with E-state index in [4.69, 9.17) is 9.47 Å². The van der Waals surface area contributed by atoms with Crippen LogP contribution in [0.2, 0.25) is 0 Å². The van der Waals surface area contributed by atoms with Crippen molar-refractivity contribution in [3.63, 3.8) is 0 Å².